The van der Waals surface area contributed by atoms with Gasteiger partial charge in [0.05, 0.1) is 0 Å². The van der Waals surface area contributed by atoms with Crippen LogP contribution < -0.4 is 5.32 Å². The number of aryl methyl sites for hydroxylation is 1. The van der Waals surface area contributed by atoms with Gasteiger partial charge in [-0.3, -0.25) is 0 Å². The first-order valence-electron chi connectivity index (χ1n) is 6.68. The summed E-state index contributed by atoms with van der Waals surface area (Å²) in [6.07, 6.45) is 2.85. The van der Waals surface area contributed by atoms with Gasteiger partial charge in [0.25, 0.3) is 0 Å². The van der Waals surface area contributed by atoms with Gasteiger partial charge in [-0.15, -0.1) is 0 Å². The van der Waals surface area contributed by atoms with E-state index in [9.17, 15) is 0 Å². The molecule has 2 nitrogen and oxygen atoms in total. The fraction of sp³-hybridized carbons (Fsp3) is 0.600. The second-order valence-electron chi connectivity index (χ2n) is 5.30. The zero-order valence-electron chi connectivity index (χ0n) is 11.2. The van der Waals surface area contributed by atoms with Gasteiger partial charge in [0.2, 0.25) is 0 Å². The maximum absolute atomic E-state index is 3.52. The van der Waals surface area contributed by atoms with E-state index in [1.807, 2.05) is 0 Å². The van der Waals surface area contributed by atoms with Crippen molar-refractivity contribution in [2.45, 2.75) is 32.7 Å². The third-order valence-corrected chi connectivity index (χ3v) is 3.92. The van der Waals surface area contributed by atoms with E-state index in [1.165, 1.54) is 24.1 Å². The Morgan fingerprint density at radius 1 is 1.35 bits per heavy atom. The lowest BCUT2D eigenvalue weighted by atomic mass is 10.2. The lowest BCUT2D eigenvalue weighted by Gasteiger charge is -2.25. The summed E-state index contributed by atoms with van der Waals surface area (Å²) in [4.78, 5) is 2.48. The van der Waals surface area contributed by atoms with E-state index in [-0.39, 0.29) is 0 Å². The Hall–Kier alpha value is -1.02. The number of para-hydroxylation sites is 1. The summed E-state index contributed by atoms with van der Waals surface area (Å²) in [5, 5.41) is 3.52. The molecular weight excluding hydrogens is 208 g/mol. The molecule has 0 heterocycles. The van der Waals surface area contributed by atoms with Crippen LogP contribution in [0.1, 0.15) is 25.3 Å². The highest BCUT2D eigenvalue weighted by molar-refractivity contribution is 5.50. The number of hydrogen-bond donors (Lipinski definition) is 1. The Morgan fingerprint density at radius 2 is 2.06 bits per heavy atom. The topological polar surface area (TPSA) is 15.3 Å². The molecule has 94 valence electrons. The SMILES string of the molecule is Cc1ccccc1NCCN(C)C(C)C1CC1. The summed E-state index contributed by atoms with van der Waals surface area (Å²) < 4.78 is 0. The standard InChI is InChI=1S/C15H24N2/c1-12-6-4-5-7-15(12)16-10-11-17(3)13(2)14-8-9-14/h4-7,13-14,16H,8-11H2,1-3H3. The van der Waals surface area contributed by atoms with Gasteiger partial charge in [-0.2, -0.15) is 0 Å². The number of anilines is 1. The second kappa shape index (κ2) is 5.54. The van der Waals surface area contributed by atoms with Crippen LogP contribution in [0.4, 0.5) is 5.69 Å². The summed E-state index contributed by atoms with van der Waals surface area (Å²) in [7, 11) is 2.24. The van der Waals surface area contributed by atoms with Crippen LogP contribution in [-0.4, -0.2) is 31.1 Å². The van der Waals surface area contributed by atoms with Crippen LogP contribution in [-0.2, 0) is 0 Å². The number of nitrogens with one attached hydrogen (secondary N) is 1. The van der Waals surface area contributed by atoms with Gasteiger partial charge in [-0.25, -0.2) is 0 Å². The predicted octanol–water partition coefficient (Wildman–Crippen LogP) is 3.14. The monoisotopic (exact) mass is 232 g/mol. The maximum Gasteiger partial charge on any atom is 0.0370 e. The maximum atomic E-state index is 3.52. The lowest BCUT2D eigenvalue weighted by Crippen LogP contribution is -2.34. The van der Waals surface area contributed by atoms with Crippen molar-refractivity contribution in [3.63, 3.8) is 0 Å². The molecule has 1 aromatic rings. The van der Waals surface area contributed by atoms with Crippen LogP contribution in [0.2, 0.25) is 0 Å². The number of rotatable bonds is 6. The third-order valence-electron chi connectivity index (χ3n) is 3.92. The lowest BCUT2D eigenvalue weighted by molar-refractivity contribution is 0.243. The summed E-state index contributed by atoms with van der Waals surface area (Å²) in [5.74, 6) is 0.957. The molecule has 0 amide bonds. The summed E-state index contributed by atoms with van der Waals surface area (Å²) >= 11 is 0. The third kappa shape index (κ3) is 3.47. The number of hydrogen-bond acceptors (Lipinski definition) is 2. The van der Waals surface area contributed by atoms with Gasteiger partial charge in [0.1, 0.15) is 0 Å². The van der Waals surface area contributed by atoms with Crippen molar-refractivity contribution in [1.29, 1.82) is 0 Å². The summed E-state index contributed by atoms with van der Waals surface area (Å²) in [5.41, 5.74) is 2.59. The molecule has 0 aromatic heterocycles. The first-order chi connectivity index (χ1) is 8.18. The quantitative estimate of drug-likeness (QED) is 0.810. The Labute approximate surface area is 105 Å². The molecule has 1 aliphatic carbocycles. The normalized spacial score (nSPS) is 17.2. The van der Waals surface area contributed by atoms with Crippen LogP contribution in [0.15, 0.2) is 24.3 Å². The largest absolute Gasteiger partial charge is 0.384 e. The van der Waals surface area contributed by atoms with Gasteiger partial charge >= 0.3 is 0 Å². The molecule has 2 heteroatoms. The van der Waals surface area contributed by atoms with E-state index in [0.717, 1.165) is 25.0 Å². The fourth-order valence-electron chi connectivity index (χ4n) is 2.28. The molecule has 1 saturated carbocycles. The Bertz CT molecular complexity index is 358. The van der Waals surface area contributed by atoms with E-state index in [2.05, 4.69) is 55.4 Å². The average molecular weight is 232 g/mol. The van der Waals surface area contributed by atoms with Crippen molar-refractivity contribution >= 4 is 5.69 Å². The second-order valence-corrected chi connectivity index (χ2v) is 5.30. The first kappa shape index (κ1) is 12.4. The van der Waals surface area contributed by atoms with Crippen LogP contribution in [0.3, 0.4) is 0 Å². The van der Waals surface area contributed by atoms with Gasteiger partial charge in [-0.1, -0.05) is 18.2 Å². The minimum atomic E-state index is 0.744. The molecule has 1 aliphatic rings. The van der Waals surface area contributed by atoms with Gasteiger partial charge in [0.15, 0.2) is 0 Å². The molecule has 17 heavy (non-hydrogen) atoms. The highest BCUT2D eigenvalue weighted by atomic mass is 15.1. The van der Waals surface area contributed by atoms with Gasteiger partial charge in [0, 0.05) is 24.8 Å². The van der Waals surface area contributed by atoms with E-state index >= 15 is 0 Å². The van der Waals surface area contributed by atoms with Crippen LogP contribution in [0.25, 0.3) is 0 Å². The van der Waals surface area contributed by atoms with E-state index < -0.39 is 0 Å². The number of likely N-dealkylation sites (N-methyl/N-ethyl adjacent to an activating group) is 1. The van der Waals surface area contributed by atoms with Crippen molar-refractivity contribution in [2.75, 3.05) is 25.5 Å². The molecular formula is C15H24N2. The molecule has 0 spiro atoms. The smallest absolute Gasteiger partial charge is 0.0370 e. The molecule has 1 fully saturated rings. The highest BCUT2D eigenvalue weighted by Crippen LogP contribution is 2.34. The Morgan fingerprint density at radius 3 is 2.71 bits per heavy atom. The molecule has 0 aliphatic heterocycles. The van der Waals surface area contributed by atoms with Crippen molar-refractivity contribution in [2.24, 2.45) is 5.92 Å². The number of benzene rings is 1. The minimum absolute atomic E-state index is 0.744. The molecule has 0 bridgehead atoms. The van der Waals surface area contributed by atoms with Gasteiger partial charge < -0.3 is 10.2 Å². The molecule has 1 aromatic carbocycles. The van der Waals surface area contributed by atoms with Crippen LogP contribution in [0.5, 0.6) is 0 Å². The van der Waals surface area contributed by atoms with E-state index in [4.69, 9.17) is 0 Å². The fourth-order valence-corrected chi connectivity index (χ4v) is 2.28. The van der Waals surface area contributed by atoms with E-state index in [0.29, 0.717) is 0 Å². The van der Waals surface area contributed by atoms with Crippen molar-refractivity contribution in [3.8, 4) is 0 Å². The average Bonchev–Trinajstić information content (AvgIpc) is 3.14. The molecule has 1 unspecified atom stereocenters. The minimum Gasteiger partial charge on any atom is -0.384 e. The molecule has 0 radical (unpaired) electrons. The van der Waals surface area contributed by atoms with Crippen LogP contribution in [0, 0.1) is 12.8 Å². The van der Waals surface area contributed by atoms with E-state index in [1.54, 1.807) is 0 Å². The van der Waals surface area contributed by atoms with Crippen molar-refractivity contribution < 1.29 is 0 Å². The summed E-state index contributed by atoms with van der Waals surface area (Å²) in [6, 6.07) is 9.22. The molecule has 2 rings (SSSR count). The van der Waals surface area contributed by atoms with Crippen molar-refractivity contribution in [3.05, 3.63) is 29.8 Å². The number of nitrogens with zero attached hydrogens (tertiary/aromatic N) is 1. The first-order valence-corrected chi connectivity index (χ1v) is 6.68. The zero-order valence-corrected chi connectivity index (χ0v) is 11.2. The molecule has 1 atom stereocenters. The Balaban J connectivity index is 1.73. The predicted molar refractivity (Wildman–Crippen MR) is 74.5 cm³/mol. The highest BCUT2D eigenvalue weighted by Gasteiger charge is 2.29. The van der Waals surface area contributed by atoms with Crippen LogP contribution >= 0.6 is 0 Å². The molecule has 1 N–H and O–H groups in total. The van der Waals surface area contributed by atoms with Gasteiger partial charge in [-0.05, 0) is 51.3 Å². The Kier molecular flexibility index (Phi) is 4.06. The molecule has 0 saturated heterocycles. The zero-order chi connectivity index (χ0) is 12.3. The van der Waals surface area contributed by atoms with Crippen molar-refractivity contribution in [1.82, 2.24) is 4.90 Å². The summed E-state index contributed by atoms with van der Waals surface area (Å²) in [6.45, 7) is 6.65.